The van der Waals surface area contributed by atoms with Crippen LogP contribution in [0.3, 0.4) is 0 Å². The molecule has 0 aliphatic carbocycles. The number of aliphatic carboxylic acids is 1. The van der Waals surface area contributed by atoms with E-state index in [1.165, 1.54) is 0 Å². The number of carbonyl (C=O) groups excluding carboxylic acids is 1. The van der Waals surface area contributed by atoms with Crippen molar-refractivity contribution in [3.05, 3.63) is 29.3 Å². The highest BCUT2D eigenvalue weighted by atomic mass is 32.2. The number of aryl methyl sites for hydroxylation is 1. The Morgan fingerprint density at radius 2 is 1.72 bits per heavy atom. The lowest BCUT2D eigenvalue weighted by Gasteiger charge is -2.26. The fraction of sp³-hybridized carbons (Fsp3) is 0.556. The van der Waals surface area contributed by atoms with Crippen LogP contribution in [0.15, 0.2) is 18.2 Å². The summed E-state index contributed by atoms with van der Waals surface area (Å²) in [5.41, 5.74) is 2.38. The molecule has 0 radical (unpaired) electrons. The van der Waals surface area contributed by atoms with Crippen LogP contribution in [0.4, 0.5) is 5.69 Å². The molecule has 1 aromatic carbocycles. The van der Waals surface area contributed by atoms with Gasteiger partial charge in [0, 0.05) is 24.8 Å². The van der Waals surface area contributed by atoms with Crippen molar-refractivity contribution in [3.63, 3.8) is 0 Å². The van der Waals surface area contributed by atoms with Gasteiger partial charge in [0.1, 0.15) is 0 Å². The molecule has 0 saturated heterocycles. The van der Waals surface area contributed by atoms with Crippen LogP contribution in [0.2, 0.25) is 0 Å². The molecule has 180 valence electrons. The number of anilines is 1. The van der Waals surface area contributed by atoms with Crippen molar-refractivity contribution in [1.82, 2.24) is 5.23 Å². The van der Waals surface area contributed by atoms with E-state index < -0.39 is 32.2 Å². The molecule has 32 heavy (non-hydrogen) atoms. The second kappa shape index (κ2) is 12.9. The third-order valence-corrected chi connectivity index (χ3v) is 5.58. The lowest BCUT2D eigenvalue weighted by atomic mass is 9.91. The molecule has 1 aromatic rings. The van der Waals surface area contributed by atoms with Crippen molar-refractivity contribution >= 4 is 45.5 Å². The average Bonchev–Trinajstić information content (AvgIpc) is 2.64. The summed E-state index contributed by atoms with van der Waals surface area (Å²) in [6.07, 6.45) is 2.69. The molecule has 1 atom stereocenters. The Morgan fingerprint density at radius 1 is 1.16 bits per heavy atom. The molecule has 0 aliphatic rings. The van der Waals surface area contributed by atoms with E-state index in [1.807, 2.05) is 19.1 Å². The van der Waals surface area contributed by atoms with Gasteiger partial charge in [0.15, 0.2) is 0 Å². The number of nitrogens with zero attached hydrogens (tertiary/aromatic N) is 1. The molecule has 0 aromatic heterocycles. The first-order chi connectivity index (χ1) is 14.8. The molecule has 0 amide bonds. The Balaban J connectivity index is 3.08. The zero-order valence-electron chi connectivity index (χ0n) is 18.3. The standard InChI is InChI=1S/C18H29BN2O9S2/c1-14-4-5-17(11-15(14)10-16(12-18(23)24)20-19-13-22)21(6-8-29-31(2,25)26)7-9-30-32(3,27)28/h4-5,11,13,16,19-20H,6-10,12H2,1-3H3,(H,23,24)/t16-/m0/s1. The molecule has 0 unspecified atom stereocenters. The van der Waals surface area contributed by atoms with Crippen LogP contribution in [0.1, 0.15) is 17.5 Å². The summed E-state index contributed by atoms with van der Waals surface area (Å²) < 4.78 is 54.7. The Hall–Kier alpha value is -2.00. The smallest absolute Gasteiger partial charge is 0.304 e. The van der Waals surface area contributed by atoms with Gasteiger partial charge >= 0.3 is 5.97 Å². The molecular weight excluding hydrogens is 463 g/mol. The van der Waals surface area contributed by atoms with Gasteiger partial charge < -0.3 is 20.0 Å². The van der Waals surface area contributed by atoms with E-state index in [0.717, 1.165) is 23.6 Å². The Labute approximate surface area is 189 Å². The zero-order chi connectivity index (χ0) is 24.4. The Bertz CT molecular complexity index is 946. The van der Waals surface area contributed by atoms with Crippen molar-refractivity contribution < 1.29 is 39.9 Å². The summed E-state index contributed by atoms with van der Waals surface area (Å²) in [5, 5.41) is 12.0. The Morgan fingerprint density at radius 3 is 2.19 bits per heavy atom. The highest BCUT2D eigenvalue weighted by Gasteiger charge is 2.17. The maximum atomic E-state index is 11.3. The quantitative estimate of drug-likeness (QED) is 0.170. The summed E-state index contributed by atoms with van der Waals surface area (Å²) in [6, 6.07) is 4.95. The van der Waals surface area contributed by atoms with Crippen molar-refractivity contribution in [1.29, 1.82) is 0 Å². The molecule has 0 bridgehead atoms. The van der Waals surface area contributed by atoms with Crippen molar-refractivity contribution in [2.75, 3.05) is 43.7 Å². The predicted octanol–water partition coefficient (Wildman–Crippen LogP) is -0.729. The number of hydrogen-bond donors (Lipinski definition) is 2. The number of carbonyl (C=O) groups is 2. The fourth-order valence-electron chi connectivity index (χ4n) is 2.95. The third-order valence-electron chi connectivity index (χ3n) is 4.39. The molecule has 0 saturated carbocycles. The largest absolute Gasteiger partial charge is 0.481 e. The number of carboxylic acid groups (broad SMARTS) is 1. The van der Waals surface area contributed by atoms with Gasteiger partial charge in [-0.15, -0.1) is 0 Å². The number of rotatable bonds is 16. The summed E-state index contributed by atoms with van der Waals surface area (Å²) in [4.78, 5) is 23.5. The van der Waals surface area contributed by atoms with Gasteiger partial charge in [-0.2, -0.15) is 16.8 Å². The van der Waals surface area contributed by atoms with E-state index in [9.17, 15) is 26.4 Å². The van der Waals surface area contributed by atoms with E-state index in [4.69, 9.17) is 13.5 Å². The van der Waals surface area contributed by atoms with Gasteiger partial charge in [0.2, 0.25) is 0 Å². The van der Waals surface area contributed by atoms with Crippen LogP contribution < -0.4 is 10.1 Å². The minimum Gasteiger partial charge on any atom is -0.481 e. The molecular formula is C18H29BN2O9S2. The number of benzene rings is 1. The van der Waals surface area contributed by atoms with Crippen LogP contribution in [-0.2, 0) is 44.6 Å². The first-order valence-electron chi connectivity index (χ1n) is 9.73. The second-order valence-corrected chi connectivity index (χ2v) is 10.5. The lowest BCUT2D eigenvalue weighted by molar-refractivity contribution is -0.137. The summed E-state index contributed by atoms with van der Waals surface area (Å²) in [7, 11) is -7.26. The topological polar surface area (TPSA) is 156 Å². The number of hydrogen-bond acceptors (Lipinski definition) is 10. The van der Waals surface area contributed by atoms with E-state index in [1.54, 1.807) is 11.0 Å². The minimum atomic E-state index is -3.64. The zero-order valence-corrected chi connectivity index (χ0v) is 19.9. The third kappa shape index (κ3) is 12.1. The minimum absolute atomic E-state index is 0.0223. The highest BCUT2D eigenvalue weighted by Crippen LogP contribution is 2.21. The van der Waals surface area contributed by atoms with Crippen molar-refractivity contribution in [2.24, 2.45) is 0 Å². The van der Waals surface area contributed by atoms with E-state index >= 15 is 0 Å². The van der Waals surface area contributed by atoms with Gasteiger partial charge in [-0.25, -0.2) is 0 Å². The van der Waals surface area contributed by atoms with E-state index in [2.05, 4.69) is 5.23 Å². The molecule has 0 fully saturated rings. The summed E-state index contributed by atoms with van der Waals surface area (Å²) >= 11 is 0. The van der Waals surface area contributed by atoms with Crippen molar-refractivity contribution in [3.8, 4) is 0 Å². The summed E-state index contributed by atoms with van der Waals surface area (Å²) in [6.45, 7) is 1.85. The van der Waals surface area contributed by atoms with Gasteiger partial charge in [-0.3, -0.25) is 13.2 Å². The average molecular weight is 492 g/mol. The van der Waals surface area contributed by atoms with Gasteiger partial charge in [0.25, 0.3) is 27.7 Å². The molecule has 11 nitrogen and oxygen atoms in total. The molecule has 0 heterocycles. The van der Waals surface area contributed by atoms with Crippen LogP contribution in [0.25, 0.3) is 0 Å². The first-order valence-corrected chi connectivity index (χ1v) is 13.4. The van der Waals surface area contributed by atoms with Gasteiger partial charge in [0.05, 0.1) is 38.3 Å². The second-order valence-electron chi connectivity index (χ2n) is 7.22. The van der Waals surface area contributed by atoms with Crippen LogP contribution in [0, 0.1) is 6.92 Å². The fourth-order valence-corrected chi connectivity index (χ4v) is 3.70. The molecule has 14 heteroatoms. The van der Waals surface area contributed by atoms with E-state index in [0.29, 0.717) is 18.3 Å². The maximum Gasteiger partial charge on any atom is 0.304 e. The highest BCUT2D eigenvalue weighted by molar-refractivity contribution is 7.86. The SMILES string of the molecule is Cc1ccc(N(CCOS(C)(=O)=O)CCOS(C)(=O)=O)cc1C[C@@H](CC(=O)O)NBC=O. The van der Waals surface area contributed by atoms with Crippen LogP contribution >= 0.6 is 0 Å². The van der Waals surface area contributed by atoms with Crippen molar-refractivity contribution in [2.45, 2.75) is 25.8 Å². The van der Waals surface area contributed by atoms with Gasteiger partial charge in [-0.05, 0) is 36.6 Å². The number of carboxylic acids is 1. The normalized spacial score (nSPS) is 12.8. The molecule has 2 N–H and O–H groups in total. The summed E-state index contributed by atoms with van der Waals surface area (Å²) in [5.74, 6) is -1.00. The van der Waals surface area contributed by atoms with Crippen LogP contribution in [-0.4, -0.2) is 86.4 Å². The molecule has 0 aliphatic heterocycles. The molecule has 1 rings (SSSR count). The number of nitrogens with one attached hydrogen (secondary N) is 1. The predicted molar refractivity (Wildman–Crippen MR) is 122 cm³/mol. The molecule has 0 spiro atoms. The monoisotopic (exact) mass is 492 g/mol. The maximum absolute atomic E-state index is 11.3. The van der Waals surface area contributed by atoms with Gasteiger partial charge in [-0.1, -0.05) is 6.07 Å². The lowest BCUT2D eigenvalue weighted by Crippen LogP contribution is -2.37. The van der Waals surface area contributed by atoms with Crippen LogP contribution in [0.5, 0.6) is 0 Å². The first kappa shape index (κ1) is 28.0. The Kier molecular flexibility index (Phi) is 11.3. The van der Waals surface area contributed by atoms with E-state index in [-0.39, 0.29) is 40.1 Å².